The Morgan fingerprint density at radius 2 is 1.65 bits per heavy atom. The molecule has 0 aliphatic carbocycles. The van der Waals surface area contributed by atoms with Crippen LogP contribution in [-0.2, 0) is 6.54 Å². The number of aromatic nitrogens is 3. The van der Waals surface area contributed by atoms with Crippen molar-refractivity contribution in [2.45, 2.75) is 6.54 Å². The average molecular weight is 569 g/mol. The lowest BCUT2D eigenvalue weighted by Gasteiger charge is -2.12. The second kappa shape index (κ2) is 11.4. The normalized spacial score (nSPS) is 11.4. The quantitative estimate of drug-likeness (QED) is 0.149. The highest BCUT2D eigenvalue weighted by atomic mass is 16.3. The van der Waals surface area contributed by atoms with E-state index in [1.807, 2.05) is 78.9 Å². The summed E-state index contributed by atoms with van der Waals surface area (Å²) in [6, 6.07) is 32.9. The molecule has 3 aromatic heterocycles. The summed E-state index contributed by atoms with van der Waals surface area (Å²) in [5.41, 5.74) is 7.25. The number of carbonyl (C=O) groups is 1. The number of hydrogen-bond donors (Lipinski definition) is 4. The molecule has 7 aromatic rings. The standard InChI is InChI=1S/C34H28N6O3/c41-19-18-35-21-22-8-10-23(11-9-22)33(42)37-24-12-14-25(15-13-24)38-34-39-30(20-26-16-17-36-40(26)34)29-6-3-5-28-27-4-1-2-7-31(27)43-32(28)29/h1-17,20,35,41H,18-19,21H2,(H,37,42)(H,38,39). The first-order valence-electron chi connectivity index (χ1n) is 14.0. The summed E-state index contributed by atoms with van der Waals surface area (Å²) in [4.78, 5) is 17.7. The first kappa shape index (κ1) is 26.4. The van der Waals surface area contributed by atoms with Crippen LogP contribution in [0.5, 0.6) is 0 Å². The predicted molar refractivity (Wildman–Crippen MR) is 169 cm³/mol. The van der Waals surface area contributed by atoms with Crippen molar-refractivity contribution in [1.82, 2.24) is 19.9 Å². The number of para-hydroxylation sites is 2. The van der Waals surface area contributed by atoms with E-state index in [1.54, 1.807) is 22.8 Å². The van der Waals surface area contributed by atoms with Crippen LogP contribution in [0.3, 0.4) is 0 Å². The molecule has 0 aliphatic heterocycles. The molecule has 0 atom stereocenters. The molecule has 9 nitrogen and oxygen atoms in total. The van der Waals surface area contributed by atoms with Gasteiger partial charge in [0.25, 0.3) is 5.91 Å². The van der Waals surface area contributed by atoms with Gasteiger partial charge in [-0.2, -0.15) is 5.10 Å². The molecule has 9 heteroatoms. The molecule has 4 N–H and O–H groups in total. The number of nitrogens with one attached hydrogen (secondary N) is 3. The number of fused-ring (bicyclic) bond motifs is 4. The number of aliphatic hydroxyl groups is 1. The van der Waals surface area contributed by atoms with Crippen LogP contribution in [-0.4, -0.2) is 38.8 Å². The van der Waals surface area contributed by atoms with Gasteiger partial charge in [0.15, 0.2) is 0 Å². The number of hydrogen-bond acceptors (Lipinski definition) is 7. The Balaban J connectivity index is 1.11. The van der Waals surface area contributed by atoms with Crippen LogP contribution in [0.25, 0.3) is 38.7 Å². The zero-order valence-electron chi connectivity index (χ0n) is 23.1. The van der Waals surface area contributed by atoms with Crippen LogP contribution >= 0.6 is 0 Å². The summed E-state index contributed by atoms with van der Waals surface area (Å²) < 4.78 is 8.01. The van der Waals surface area contributed by atoms with Crippen LogP contribution in [0.2, 0.25) is 0 Å². The number of amides is 1. The van der Waals surface area contributed by atoms with Crippen molar-refractivity contribution in [3.63, 3.8) is 0 Å². The number of benzene rings is 4. The van der Waals surface area contributed by atoms with E-state index in [1.165, 1.54) is 0 Å². The molecule has 1 amide bonds. The maximum Gasteiger partial charge on any atom is 0.255 e. The molecule has 4 aromatic carbocycles. The van der Waals surface area contributed by atoms with Gasteiger partial charge >= 0.3 is 0 Å². The van der Waals surface area contributed by atoms with Gasteiger partial charge in [0.05, 0.1) is 24.0 Å². The minimum absolute atomic E-state index is 0.0889. The highest BCUT2D eigenvalue weighted by Crippen LogP contribution is 2.36. The molecule has 0 radical (unpaired) electrons. The van der Waals surface area contributed by atoms with Gasteiger partial charge in [-0.15, -0.1) is 0 Å². The van der Waals surface area contributed by atoms with E-state index in [9.17, 15) is 4.79 Å². The molecule has 0 spiro atoms. The van der Waals surface area contributed by atoms with Gasteiger partial charge in [-0.25, -0.2) is 9.50 Å². The first-order valence-corrected chi connectivity index (χ1v) is 14.0. The Kier molecular flexibility index (Phi) is 7.00. The number of rotatable bonds is 9. The van der Waals surface area contributed by atoms with E-state index in [2.05, 4.69) is 33.2 Å². The third-order valence-electron chi connectivity index (χ3n) is 7.30. The summed E-state index contributed by atoms with van der Waals surface area (Å²) in [6.07, 6.45) is 1.74. The zero-order chi connectivity index (χ0) is 29.2. The third-order valence-corrected chi connectivity index (χ3v) is 7.30. The van der Waals surface area contributed by atoms with Crippen molar-refractivity contribution in [2.24, 2.45) is 0 Å². The lowest BCUT2D eigenvalue weighted by Crippen LogP contribution is -2.17. The van der Waals surface area contributed by atoms with Gasteiger partial charge in [0.2, 0.25) is 5.95 Å². The lowest BCUT2D eigenvalue weighted by molar-refractivity contribution is 0.102. The largest absolute Gasteiger partial charge is 0.455 e. The van der Waals surface area contributed by atoms with Crippen molar-refractivity contribution >= 4 is 50.7 Å². The van der Waals surface area contributed by atoms with Crippen molar-refractivity contribution in [1.29, 1.82) is 0 Å². The van der Waals surface area contributed by atoms with Gasteiger partial charge < -0.3 is 25.5 Å². The second-order valence-electron chi connectivity index (χ2n) is 10.2. The molecular formula is C34H28N6O3. The Morgan fingerprint density at radius 3 is 2.49 bits per heavy atom. The summed E-state index contributed by atoms with van der Waals surface area (Å²) in [5, 5.41) is 24.9. The lowest BCUT2D eigenvalue weighted by atomic mass is 10.1. The molecule has 3 heterocycles. The molecule has 0 unspecified atom stereocenters. The van der Waals surface area contributed by atoms with Crippen LogP contribution in [0.15, 0.2) is 114 Å². The molecule has 0 saturated carbocycles. The number of carbonyl (C=O) groups excluding carboxylic acids is 1. The second-order valence-corrected chi connectivity index (χ2v) is 10.2. The van der Waals surface area contributed by atoms with Crippen molar-refractivity contribution in [3.8, 4) is 11.3 Å². The molecule has 7 rings (SSSR count). The van der Waals surface area contributed by atoms with Gasteiger partial charge in [0.1, 0.15) is 11.2 Å². The maximum atomic E-state index is 12.8. The topological polar surface area (TPSA) is 117 Å². The SMILES string of the molecule is O=C(Nc1ccc(Nc2nc(-c3cccc4c3oc3ccccc34)cc3ccnn23)cc1)c1ccc(CNCCO)cc1. The van der Waals surface area contributed by atoms with Crippen LogP contribution < -0.4 is 16.0 Å². The molecule has 43 heavy (non-hydrogen) atoms. The summed E-state index contributed by atoms with van der Waals surface area (Å²) in [5.74, 6) is 0.360. The Labute approximate surface area is 246 Å². The fraction of sp³-hybridized carbons (Fsp3) is 0.0882. The molecular weight excluding hydrogens is 540 g/mol. The molecule has 0 aliphatic rings. The minimum Gasteiger partial charge on any atom is -0.455 e. The Hall–Kier alpha value is -5.51. The highest BCUT2D eigenvalue weighted by molar-refractivity contribution is 6.09. The van der Waals surface area contributed by atoms with Crippen molar-refractivity contribution in [3.05, 3.63) is 120 Å². The van der Waals surface area contributed by atoms with E-state index >= 15 is 0 Å². The number of anilines is 3. The maximum absolute atomic E-state index is 12.8. The van der Waals surface area contributed by atoms with E-state index in [-0.39, 0.29) is 12.5 Å². The summed E-state index contributed by atoms with van der Waals surface area (Å²) in [6.45, 7) is 1.25. The van der Waals surface area contributed by atoms with Gasteiger partial charge in [-0.05, 0) is 66.2 Å². The molecule has 0 bridgehead atoms. The van der Waals surface area contributed by atoms with Crippen molar-refractivity contribution in [2.75, 3.05) is 23.8 Å². The van der Waals surface area contributed by atoms with E-state index in [0.717, 1.165) is 50.0 Å². The van der Waals surface area contributed by atoms with E-state index in [4.69, 9.17) is 14.5 Å². The van der Waals surface area contributed by atoms with Gasteiger partial charge in [-0.3, -0.25) is 4.79 Å². The Morgan fingerprint density at radius 1 is 0.860 bits per heavy atom. The zero-order valence-corrected chi connectivity index (χ0v) is 23.1. The number of furan rings is 1. The van der Waals surface area contributed by atoms with Crippen LogP contribution in [0.4, 0.5) is 17.3 Å². The van der Waals surface area contributed by atoms with Crippen LogP contribution in [0, 0.1) is 0 Å². The van der Waals surface area contributed by atoms with Gasteiger partial charge in [-0.1, -0.05) is 42.5 Å². The highest BCUT2D eigenvalue weighted by Gasteiger charge is 2.16. The fourth-order valence-corrected chi connectivity index (χ4v) is 5.16. The Bertz CT molecular complexity index is 2060. The van der Waals surface area contributed by atoms with Crippen molar-refractivity contribution < 1.29 is 14.3 Å². The molecule has 212 valence electrons. The predicted octanol–water partition coefficient (Wildman–Crippen LogP) is 6.37. The third kappa shape index (κ3) is 5.30. The average Bonchev–Trinajstić information content (AvgIpc) is 3.67. The number of nitrogens with zero attached hydrogens (tertiary/aromatic N) is 3. The van der Waals surface area contributed by atoms with Crippen LogP contribution in [0.1, 0.15) is 15.9 Å². The summed E-state index contributed by atoms with van der Waals surface area (Å²) >= 11 is 0. The smallest absolute Gasteiger partial charge is 0.255 e. The number of aliphatic hydroxyl groups excluding tert-OH is 1. The molecule has 0 saturated heterocycles. The molecule has 0 fully saturated rings. The fourth-order valence-electron chi connectivity index (χ4n) is 5.16. The monoisotopic (exact) mass is 568 g/mol. The minimum atomic E-state index is -0.192. The van der Waals surface area contributed by atoms with E-state index < -0.39 is 0 Å². The first-order chi connectivity index (χ1) is 21.2. The summed E-state index contributed by atoms with van der Waals surface area (Å²) in [7, 11) is 0. The van der Waals surface area contributed by atoms with Gasteiger partial charge in [0, 0.05) is 46.4 Å². The van der Waals surface area contributed by atoms with E-state index in [0.29, 0.717) is 30.3 Å².